The number of piperazine rings is 1. The molecule has 2 amide bonds. The molecule has 0 aliphatic carbocycles. The molecule has 2 saturated heterocycles. The minimum absolute atomic E-state index is 0.0739. The maximum Gasteiger partial charge on any atom is 0.414 e. The van der Waals surface area contributed by atoms with Crippen LogP contribution in [-0.4, -0.2) is 82.9 Å². The maximum atomic E-state index is 14.9. The SMILES string of the molecule is CC(=O)NC[C@H]1CN(c2cc(F)c(N3CCN(Cc4nn[nH]n4)CC3)c(F)c2)C(=O)O1. The molecule has 2 aromatic rings. The van der Waals surface area contributed by atoms with E-state index in [-0.39, 0.29) is 30.4 Å². The van der Waals surface area contributed by atoms with E-state index in [4.69, 9.17) is 4.74 Å². The predicted octanol–water partition coefficient (Wildman–Crippen LogP) is 0.261. The number of cyclic esters (lactones) is 1. The number of benzene rings is 1. The molecule has 0 saturated carbocycles. The van der Waals surface area contributed by atoms with Gasteiger partial charge in [0.25, 0.3) is 0 Å². The van der Waals surface area contributed by atoms with Crippen molar-refractivity contribution in [2.45, 2.75) is 19.6 Å². The van der Waals surface area contributed by atoms with Gasteiger partial charge in [-0.05, 0) is 0 Å². The fourth-order valence-corrected chi connectivity index (χ4v) is 3.69. The summed E-state index contributed by atoms with van der Waals surface area (Å²) in [7, 11) is 0. The monoisotopic (exact) mass is 436 g/mol. The lowest BCUT2D eigenvalue weighted by Crippen LogP contribution is -2.46. The largest absolute Gasteiger partial charge is 0.442 e. The number of carbonyl (C=O) groups is 2. The molecule has 4 rings (SSSR count). The number of tetrazole rings is 1. The van der Waals surface area contributed by atoms with Gasteiger partial charge in [0, 0.05) is 45.2 Å². The Hall–Kier alpha value is -3.35. The number of nitrogens with one attached hydrogen (secondary N) is 2. The number of hydrogen-bond acceptors (Lipinski definition) is 8. The van der Waals surface area contributed by atoms with Crippen LogP contribution in [0.2, 0.25) is 0 Å². The number of H-pyrrole nitrogens is 1. The molecular weight excluding hydrogens is 414 g/mol. The number of nitrogens with zero attached hydrogens (tertiary/aromatic N) is 6. The number of halogens is 2. The van der Waals surface area contributed by atoms with Crippen molar-refractivity contribution in [3.63, 3.8) is 0 Å². The fourth-order valence-electron chi connectivity index (χ4n) is 3.69. The Balaban J connectivity index is 1.41. The van der Waals surface area contributed by atoms with Gasteiger partial charge in [0.15, 0.2) is 17.5 Å². The van der Waals surface area contributed by atoms with Gasteiger partial charge in [-0.25, -0.2) is 13.6 Å². The number of rotatable bonds is 6. The summed E-state index contributed by atoms with van der Waals surface area (Å²) in [6.07, 6.45) is -1.30. The minimum atomic E-state index is -0.750. The van der Waals surface area contributed by atoms with Gasteiger partial charge >= 0.3 is 6.09 Å². The van der Waals surface area contributed by atoms with E-state index in [1.54, 1.807) is 4.90 Å². The van der Waals surface area contributed by atoms with Crippen LogP contribution < -0.4 is 15.1 Å². The Kier molecular flexibility index (Phi) is 5.93. The Morgan fingerprint density at radius 3 is 2.58 bits per heavy atom. The van der Waals surface area contributed by atoms with Crippen LogP contribution in [-0.2, 0) is 16.1 Å². The first-order valence-electron chi connectivity index (χ1n) is 9.82. The number of anilines is 2. The molecular formula is C18H22F2N8O3. The molecule has 2 N–H and O–H groups in total. The highest BCUT2D eigenvalue weighted by molar-refractivity contribution is 5.90. The summed E-state index contributed by atoms with van der Waals surface area (Å²) in [5.74, 6) is -1.20. The normalized spacial score (nSPS) is 19.6. The lowest BCUT2D eigenvalue weighted by molar-refractivity contribution is -0.119. The Morgan fingerprint density at radius 2 is 1.97 bits per heavy atom. The van der Waals surface area contributed by atoms with Gasteiger partial charge in [-0.15, -0.1) is 10.2 Å². The van der Waals surface area contributed by atoms with Crippen molar-refractivity contribution in [2.75, 3.05) is 49.1 Å². The number of ether oxygens (including phenoxy) is 1. The third-order valence-corrected chi connectivity index (χ3v) is 5.21. The van der Waals surface area contributed by atoms with Gasteiger partial charge in [0.1, 0.15) is 11.8 Å². The molecule has 2 aliphatic heterocycles. The molecule has 2 aliphatic rings. The van der Waals surface area contributed by atoms with Crippen LogP contribution in [0, 0.1) is 11.6 Å². The average Bonchev–Trinajstić information content (AvgIpc) is 3.36. The highest BCUT2D eigenvalue weighted by Gasteiger charge is 2.34. The molecule has 166 valence electrons. The van der Waals surface area contributed by atoms with E-state index >= 15 is 0 Å². The highest BCUT2D eigenvalue weighted by Crippen LogP contribution is 2.31. The number of hydrogen-bond donors (Lipinski definition) is 2. The quantitative estimate of drug-likeness (QED) is 0.662. The third-order valence-electron chi connectivity index (χ3n) is 5.21. The average molecular weight is 436 g/mol. The first kappa shape index (κ1) is 20.9. The van der Waals surface area contributed by atoms with E-state index in [1.807, 2.05) is 0 Å². The van der Waals surface area contributed by atoms with Crippen LogP contribution in [0.4, 0.5) is 25.0 Å². The molecule has 11 nitrogen and oxygen atoms in total. The summed E-state index contributed by atoms with van der Waals surface area (Å²) < 4.78 is 34.9. The van der Waals surface area contributed by atoms with Gasteiger partial charge in [0.05, 0.1) is 25.3 Å². The Bertz CT molecular complexity index is 926. The van der Waals surface area contributed by atoms with E-state index in [2.05, 4.69) is 30.8 Å². The van der Waals surface area contributed by atoms with Crippen molar-refractivity contribution in [1.29, 1.82) is 0 Å². The van der Waals surface area contributed by atoms with Crippen molar-refractivity contribution in [3.8, 4) is 0 Å². The lowest BCUT2D eigenvalue weighted by atomic mass is 10.2. The van der Waals surface area contributed by atoms with E-state index in [0.29, 0.717) is 38.5 Å². The van der Waals surface area contributed by atoms with Gasteiger partial charge in [-0.1, -0.05) is 5.21 Å². The van der Waals surface area contributed by atoms with Gasteiger partial charge in [0.2, 0.25) is 5.91 Å². The summed E-state index contributed by atoms with van der Waals surface area (Å²) >= 11 is 0. The van der Waals surface area contributed by atoms with Crippen molar-refractivity contribution in [1.82, 2.24) is 30.8 Å². The zero-order valence-corrected chi connectivity index (χ0v) is 16.8. The van der Waals surface area contributed by atoms with E-state index in [0.717, 1.165) is 17.0 Å². The summed E-state index contributed by atoms with van der Waals surface area (Å²) in [6.45, 7) is 4.09. The second-order valence-corrected chi connectivity index (χ2v) is 7.40. The topological polar surface area (TPSA) is 120 Å². The molecule has 0 unspecified atom stereocenters. The van der Waals surface area contributed by atoms with Crippen LogP contribution in [0.3, 0.4) is 0 Å². The van der Waals surface area contributed by atoms with Crippen LogP contribution >= 0.6 is 0 Å². The standard InChI is InChI=1S/C18H22F2N8O3/c1-11(29)21-8-13-9-28(18(30)31-13)12-6-14(19)17(15(20)7-12)27-4-2-26(3-5-27)10-16-22-24-25-23-16/h6-7,13H,2-5,8-10H2,1H3,(H,21,29)(H,22,23,24,25)/t13-/m0/s1. The van der Waals surface area contributed by atoms with E-state index < -0.39 is 23.8 Å². The summed E-state index contributed by atoms with van der Waals surface area (Å²) in [6, 6.07) is 2.26. The third kappa shape index (κ3) is 4.71. The van der Waals surface area contributed by atoms with E-state index in [1.165, 1.54) is 6.92 Å². The Labute approximate surface area is 176 Å². The molecule has 13 heteroatoms. The van der Waals surface area contributed by atoms with Crippen molar-refractivity contribution in [2.24, 2.45) is 0 Å². The number of aromatic amines is 1. The first-order chi connectivity index (χ1) is 14.9. The van der Waals surface area contributed by atoms with Crippen molar-refractivity contribution < 1.29 is 23.1 Å². The van der Waals surface area contributed by atoms with Crippen LogP contribution in [0.25, 0.3) is 0 Å². The van der Waals surface area contributed by atoms with Crippen molar-refractivity contribution in [3.05, 3.63) is 29.6 Å². The van der Waals surface area contributed by atoms with Crippen molar-refractivity contribution >= 4 is 23.4 Å². The molecule has 1 aromatic heterocycles. The molecule has 0 bridgehead atoms. The fraction of sp³-hybridized carbons (Fsp3) is 0.500. The molecule has 31 heavy (non-hydrogen) atoms. The summed E-state index contributed by atoms with van der Waals surface area (Å²) in [5, 5.41) is 16.3. The zero-order chi connectivity index (χ0) is 22.0. The number of carbonyl (C=O) groups excluding carboxylic acids is 2. The van der Waals surface area contributed by atoms with Crippen LogP contribution in [0.15, 0.2) is 12.1 Å². The second kappa shape index (κ2) is 8.79. The highest BCUT2D eigenvalue weighted by atomic mass is 19.1. The zero-order valence-electron chi connectivity index (χ0n) is 16.8. The molecule has 3 heterocycles. The predicted molar refractivity (Wildman–Crippen MR) is 104 cm³/mol. The van der Waals surface area contributed by atoms with Gasteiger partial charge < -0.3 is 15.0 Å². The Morgan fingerprint density at radius 1 is 1.26 bits per heavy atom. The smallest absolute Gasteiger partial charge is 0.414 e. The first-order valence-corrected chi connectivity index (χ1v) is 9.82. The lowest BCUT2D eigenvalue weighted by Gasteiger charge is -2.35. The number of amides is 2. The van der Waals surface area contributed by atoms with E-state index in [9.17, 15) is 18.4 Å². The second-order valence-electron chi connectivity index (χ2n) is 7.40. The maximum absolute atomic E-state index is 14.9. The molecule has 0 spiro atoms. The van der Waals surface area contributed by atoms with Gasteiger partial charge in [-0.3, -0.25) is 14.6 Å². The molecule has 1 atom stereocenters. The minimum Gasteiger partial charge on any atom is -0.442 e. The molecule has 0 radical (unpaired) electrons. The molecule has 1 aromatic carbocycles. The van der Waals surface area contributed by atoms with Crippen LogP contribution in [0.1, 0.15) is 12.7 Å². The van der Waals surface area contributed by atoms with Gasteiger partial charge in [-0.2, -0.15) is 5.21 Å². The molecule has 2 fully saturated rings. The van der Waals surface area contributed by atoms with Crippen LogP contribution in [0.5, 0.6) is 0 Å². The number of aromatic nitrogens is 4. The summed E-state index contributed by atoms with van der Waals surface area (Å²) in [5.41, 5.74) is -0.0462. The summed E-state index contributed by atoms with van der Waals surface area (Å²) in [4.78, 5) is 28.0.